The highest BCUT2D eigenvalue weighted by Gasteiger charge is 2.31. The van der Waals surface area contributed by atoms with Gasteiger partial charge in [0.1, 0.15) is 0 Å². The molecule has 1 fully saturated rings. The molecule has 1 aromatic carbocycles. The molecule has 1 N–H and O–H groups in total. The van der Waals surface area contributed by atoms with Crippen LogP contribution in [0.5, 0.6) is 0 Å². The number of nitrogens with zero attached hydrogens (tertiary/aromatic N) is 3. The Morgan fingerprint density at radius 2 is 1.92 bits per heavy atom. The maximum atomic E-state index is 12.2. The Bertz CT molecular complexity index is 657. The molecule has 1 aliphatic heterocycles. The van der Waals surface area contributed by atoms with Crippen LogP contribution in [0.4, 0.5) is 11.4 Å². The fourth-order valence-corrected chi connectivity index (χ4v) is 3.23. The molecule has 0 spiro atoms. The monoisotopic (exact) mass is 378 g/mol. The minimum absolute atomic E-state index is 0.105. The first-order valence-corrected chi connectivity index (χ1v) is 9.64. The Hall–Kier alpha value is -2.02. The van der Waals surface area contributed by atoms with E-state index in [1.165, 1.54) is 17.3 Å². The van der Waals surface area contributed by atoms with E-state index in [4.69, 9.17) is 0 Å². The summed E-state index contributed by atoms with van der Waals surface area (Å²) in [7, 11) is 5.74. The highest BCUT2D eigenvalue weighted by atomic mass is 32.2. The van der Waals surface area contributed by atoms with Crippen LogP contribution in [0.2, 0.25) is 0 Å². The van der Waals surface area contributed by atoms with Gasteiger partial charge in [0, 0.05) is 32.9 Å². The number of thioether (sulfide) groups is 1. The number of benzene rings is 1. The molecule has 0 atom stereocenters. The molecule has 0 aliphatic carbocycles. The van der Waals surface area contributed by atoms with Gasteiger partial charge in [-0.3, -0.25) is 19.5 Å². The smallest absolute Gasteiger partial charge is 0.243 e. The number of amidine groups is 1. The second kappa shape index (κ2) is 10.2. The van der Waals surface area contributed by atoms with Crippen LogP contribution in [0.25, 0.3) is 0 Å². The number of aliphatic imine (C=N–C) groups is 1. The second-order valence-electron chi connectivity index (χ2n) is 6.76. The topological polar surface area (TPSA) is 65.0 Å². The van der Waals surface area contributed by atoms with Crippen LogP contribution in [-0.2, 0) is 9.59 Å². The fraction of sp³-hybridized carbons (Fsp3) is 0.526. The van der Waals surface area contributed by atoms with E-state index in [-0.39, 0.29) is 11.9 Å². The molecule has 0 aromatic heterocycles. The van der Waals surface area contributed by atoms with Gasteiger partial charge < -0.3 is 10.2 Å². The molecular formula is C19H30N4O2S. The molecule has 2 rings (SSSR count). The molecular weight excluding hydrogens is 348 g/mol. The molecule has 0 unspecified atom stereocenters. The lowest BCUT2D eigenvalue weighted by molar-refractivity contribution is -0.115. The van der Waals surface area contributed by atoms with E-state index in [0.717, 1.165) is 16.5 Å². The summed E-state index contributed by atoms with van der Waals surface area (Å²) in [6.07, 6.45) is 0.699. The van der Waals surface area contributed by atoms with Crippen molar-refractivity contribution in [2.24, 2.45) is 4.99 Å². The Morgan fingerprint density at radius 1 is 1.27 bits per heavy atom. The molecule has 6 nitrogen and oxygen atoms in total. The van der Waals surface area contributed by atoms with E-state index in [2.05, 4.69) is 42.4 Å². The van der Waals surface area contributed by atoms with Crippen LogP contribution in [0.15, 0.2) is 23.2 Å². The van der Waals surface area contributed by atoms with E-state index in [1.807, 2.05) is 32.8 Å². The number of hydrogen-bond acceptors (Lipinski definition) is 5. The van der Waals surface area contributed by atoms with Crippen LogP contribution in [-0.4, -0.2) is 50.4 Å². The molecule has 0 bridgehead atoms. The average Bonchev–Trinajstić information content (AvgIpc) is 2.95. The van der Waals surface area contributed by atoms with E-state index in [9.17, 15) is 9.59 Å². The second-order valence-corrected chi connectivity index (χ2v) is 7.70. The minimum atomic E-state index is 0.105. The first-order chi connectivity index (χ1) is 12.2. The minimum Gasteiger partial charge on any atom is -0.378 e. The fourth-order valence-electron chi connectivity index (χ4n) is 2.39. The molecule has 2 amide bonds. The summed E-state index contributed by atoms with van der Waals surface area (Å²) in [6, 6.07) is 6.56. The number of rotatable bonds is 5. The number of nitrogens with one attached hydrogen (secondary N) is 1. The highest BCUT2D eigenvalue weighted by Crippen LogP contribution is 2.35. The molecule has 144 valence electrons. The van der Waals surface area contributed by atoms with Crippen LogP contribution < -0.4 is 15.1 Å². The number of anilines is 2. The molecule has 26 heavy (non-hydrogen) atoms. The van der Waals surface area contributed by atoms with Gasteiger partial charge in [-0.25, -0.2) is 0 Å². The number of carbonyl (C=O) groups excluding carboxylic acids is 2. The first-order valence-electron chi connectivity index (χ1n) is 8.66. The standard InChI is InChI=1S/C15H21N3OS.C4H9NO/c1-10(2)12-7-6-11(17(4)5)8-13(12)18-14(19)9-20-15(18)16-3;1-4(2)5-3-6/h6-8,10H,9H2,1-5H3;3-4H,1-2H3,(H,5,6). The average molecular weight is 379 g/mol. The van der Waals surface area contributed by atoms with Crippen molar-refractivity contribution in [2.75, 3.05) is 36.7 Å². The van der Waals surface area contributed by atoms with Gasteiger partial charge in [-0.15, -0.1) is 0 Å². The number of hydrogen-bond donors (Lipinski definition) is 1. The van der Waals surface area contributed by atoms with Gasteiger partial charge in [-0.1, -0.05) is 31.7 Å². The van der Waals surface area contributed by atoms with E-state index in [1.54, 1.807) is 11.9 Å². The van der Waals surface area contributed by atoms with Crippen molar-refractivity contribution in [3.05, 3.63) is 23.8 Å². The van der Waals surface area contributed by atoms with Gasteiger partial charge in [0.15, 0.2) is 5.17 Å². The molecule has 1 saturated heterocycles. The maximum Gasteiger partial charge on any atom is 0.243 e. The largest absolute Gasteiger partial charge is 0.378 e. The summed E-state index contributed by atoms with van der Waals surface area (Å²) in [5.41, 5.74) is 3.22. The van der Waals surface area contributed by atoms with Crippen LogP contribution in [0, 0.1) is 0 Å². The summed E-state index contributed by atoms with van der Waals surface area (Å²) in [5, 5.41) is 3.31. The van der Waals surface area contributed by atoms with Gasteiger partial charge in [-0.2, -0.15) is 0 Å². The Balaban J connectivity index is 0.000000487. The van der Waals surface area contributed by atoms with Crippen molar-refractivity contribution in [3.8, 4) is 0 Å². The van der Waals surface area contributed by atoms with Crippen molar-refractivity contribution in [1.29, 1.82) is 0 Å². The van der Waals surface area contributed by atoms with Gasteiger partial charge in [0.2, 0.25) is 12.3 Å². The molecule has 1 heterocycles. The lowest BCUT2D eigenvalue weighted by Gasteiger charge is -2.24. The van der Waals surface area contributed by atoms with Crippen LogP contribution >= 0.6 is 11.8 Å². The predicted molar refractivity (Wildman–Crippen MR) is 112 cm³/mol. The van der Waals surface area contributed by atoms with Crippen molar-refractivity contribution in [1.82, 2.24) is 5.32 Å². The van der Waals surface area contributed by atoms with Crippen molar-refractivity contribution in [3.63, 3.8) is 0 Å². The van der Waals surface area contributed by atoms with Crippen LogP contribution in [0.1, 0.15) is 39.2 Å². The lowest BCUT2D eigenvalue weighted by atomic mass is 9.99. The van der Waals surface area contributed by atoms with E-state index in [0.29, 0.717) is 18.1 Å². The van der Waals surface area contributed by atoms with Crippen LogP contribution in [0.3, 0.4) is 0 Å². The van der Waals surface area contributed by atoms with Crippen molar-refractivity contribution < 1.29 is 9.59 Å². The number of carbonyl (C=O) groups is 2. The molecule has 0 saturated carbocycles. The van der Waals surface area contributed by atoms with Crippen molar-refractivity contribution in [2.45, 2.75) is 39.7 Å². The summed E-state index contributed by atoms with van der Waals surface area (Å²) in [6.45, 7) is 8.11. The molecule has 1 aromatic rings. The van der Waals surface area contributed by atoms with Gasteiger partial charge in [0.25, 0.3) is 0 Å². The van der Waals surface area contributed by atoms with E-state index < -0.39 is 0 Å². The van der Waals surface area contributed by atoms with Gasteiger partial charge in [0.05, 0.1) is 11.4 Å². The summed E-state index contributed by atoms with van der Waals surface area (Å²) < 4.78 is 0. The third-order valence-electron chi connectivity index (χ3n) is 3.75. The zero-order chi connectivity index (χ0) is 19.9. The SMILES string of the molecule is CC(C)NC=O.CN=C1SCC(=O)N1c1cc(N(C)C)ccc1C(C)C. The summed E-state index contributed by atoms with van der Waals surface area (Å²) in [5.74, 6) is 0.933. The Kier molecular flexibility index (Phi) is 8.65. The number of amides is 2. The van der Waals surface area contributed by atoms with Gasteiger partial charge in [-0.05, 0) is 37.5 Å². The summed E-state index contributed by atoms with van der Waals surface area (Å²) in [4.78, 5) is 29.8. The summed E-state index contributed by atoms with van der Waals surface area (Å²) >= 11 is 1.50. The van der Waals surface area contributed by atoms with Crippen molar-refractivity contribution >= 4 is 40.6 Å². The lowest BCUT2D eigenvalue weighted by Crippen LogP contribution is -2.30. The van der Waals surface area contributed by atoms with E-state index >= 15 is 0 Å². The normalized spacial score (nSPS) is 15.3. The molecule has 0 radical (unpaired) electrons. The highest BCUT2D eigenvalue weighted by molar-refractivity contribution is 8.15. The first kappa shape index (κ1) is 22.0. The maximum absolute atomic E-state index is 12.2. The third kappa shape index (κ3) is 5.76. The Morgan fingerprint density at radius 3 is 2.35 bits per heavy atom. The zero-order valence-electron chi connectivity index (χ0n) is 16.7. The molecule has 1 aliphatic rings. The Labute approximate surface area is 161 Å². The zero-order valence-corrected chi connectivity index (χ0v) is 17.6. The van der Waals surface area contributed by atoms with Gasteiger partial charge >= 0.3 is 0 Å². The molecule has 7 heteroatoms. The third-order valence-corrected chi connectivity index (χ3v) is 4.77. The quantitative estimate of drug-likeness (QED) is 0.800. The predicted octanol–water partition coefficient (Wildman–Crippen LogP) is 3.08.